The predicted octanol–water partition coefficient (Wildman–Crippen LogP) is 0.260. The smallest absolute Gasteiger partial charge is 0.378 e. The average Bonchev–Trinajstić information content (AvgIpc) is 2.82. The zero-order chi connectivity index (χ0) is 9.97. The third-order valence-corrected chi connectivity index (χ3v) is 2.12. The van der Waals surface area contributed by atoms with Crippen molar-refractivity contribution >= 4 is 5.97 Å². The van der Waals surface area contributed by atoms with Crippen molar-refractivity contribution in [2.45, 2.75) is 26.3 Å². The van der Waals surface area contributed by atoms with E-state index in [-0.39, 0.29) is 5.82 Å². The molecule has 14 heavy (non-hydrogen) atoms. The Labute approximate surface area is 81.2 Å². The third-order valence-electron chi connectivity index (χ3n) is 2.12. The van der Waals surface area contributed by atoms with E-state index in [1.807, 2.05) is 0 Å². The van der Waals surface area contributed by atoms with Crippen LogP contribution in [0.15, 0.2) is 0 Å². The van der Waals surface area contributed by atoms with E-state index < -0.39 is 5.97 Å². The highest BCUT2D eigenvalue weighted by atomic mass is 16.5. The molecule has 76 valence electrons. The minimum absolute atomic E-state index is 0.207. The molecule has 0 aromatic carbocycles. The molecule has 0 N–H and O–H groups in total. The summed E-state index contributed by atoms with van der Waals surface area (Å²) in [6, 6.07) is 0. The highest BCUT2D eigenvalue weighted by molar-refractivity contribution is 5.85. The maximum Gasteiger partial charge on any atom is 0.378 e. The zero-order valence-electron chi connectivity index (χ0n) is 8.01. The van der Waals surface area contributed by atoms with E-state index in [0.717, 1.165) is 6.54 Å². The Morgan fingerprint density at radius 2 is 2.43 bits per heavy atom. The Hall–Kier alpha value is -1.46. The molecule has 1 aliphatic carbocycles. The maximum atomic E-state index is 11.3. The molecule has 1 fully saturated rings. The second-order valence-corrected chi connectivity index (χ2v) is 3.35. The second kappa shape index (κ2) is 3.73. The van der Waals surface area contributed by atoms with E-state index >= 15 is 0 Å². The fraction of sp³-hybridized carbons (Fsp3) is 0.750. The lowest BCUT2D eigenvalue weighted by atomic mass is 10.4. The summed E-state index contributed by atoms with van der Waals surface area (Å²) in [7, 11) is 0. The van der Waals surface area contributed by atoms with Crippen LogP contribution in [0.4, 0.5) is 0 Å². The van der Waals surface area contributed by atoms with Crippen LogP contribution in [0.25, 0.3) is 0 Å². The lowest BCUT2D eigenvalue weighted by molar-refractivity contribution is 0.0504. The van der Waals surface area contributed by atoms with Gasteiger partial charge in [0.05, 0.1) is 6.61 Å². The minimum Gasteiger partial charge on any atom is -0.460 e. The normalized spacial score (nSPS) is 15.5. The Bertz CT molecular complexity index is 332. The molecular formula is C8H12N4O2. The third kappa shape index (κ3) is 1.89. The highest BCUT2D eigenvalue weighted by Crippen LogP contribution is 2.30. The van der Waals surface area contributed by atoms with Crippen LogP contribution in [0.1, 0.15) is 30.4 Å². The first-order valence-corrected chi connectivity index (χ1v) is 4.74. The van der Waals surface area contributed by atoms with Gasteiger partial charge in [-0.05, 0) is 36.1 Å². The number of ether oxygens (including phenoxy) is 1. The molecule has 1 aromatic rings. The summed E-state index contributed by atoms with van der Waals surface area (Å²) in [5, 5.41) is 10.9. The van der Waals surface area contributed by atoms with E-state index in [2.05, 4.69) is 15.5 Å². The molecule has 1 saturated carbocycles. The van der Waals surface area contributed by atoms with Gasteiger partial charge in [-0.15, -0.1) is 5.10 Å². The molecule has 0 unspecified atom stereocenters. The van der Waals surface area contributed by atoms with Crippen molar-refractivity contribution in [3.8, 4) is 0 Å². The fourth-order valence-corrected chi connectivity index (χ4v) is 1.21. The number of esters is 1. The van der Waals surface area contributed by atoms with Crippen molar-refractivity contribution < 1.29 is 9.53 Å². The summed E-state index contributed by atoms with van der Waals surface area (Å²) in [6.07, 6.45) is 2.39. The van der Waals surface area contributed by atoms with Crippen molar-refractivity contribution in [2.75, 3.05) is 6.61 Å². The SMILES string of the molecule is CCOC(=O)c1nnnn1CC1CC1. The van der Waals surface area contributed by atoms with Crippen LogP contribution < -0.4 is 0 Å². The van der Waals surface area contributed by atoms with Gasteiger partial charge in [-0.25, -0.2) is 9.48 Å². The van der Waals surface area contributed by atoms with Crippen LogP contribution >= 0.6 is 0 Å². The Morgan fingerprint density at radius 3 is 3.07 bits per heavy atom. The number of rotatable bonds is 4. The summed E-state index contributed by atoms with van der Waals surface area (Å²) in [4.78, 5) is 11.3. The van der Waals surface area contributed by atoms with Gasteiger partial charge in [0.15, 0.2) is 0 Å². The number of hydrogen-bond acceptors (Lipinski definition) is 5. The Kier molecular flexibility index (Phi) is 2.43. The van der Waals surface area contributed by atoms with Crippen LogP contribution in [0.2, 0.25) is 0 Å². The molecule has 0 spiro atoms. The van der Waals surface area contributed by atoms with E-state index in [9.17, 15) is 4.79 Å². The lowest BCUT2D eigenvalue weighted by Crippen LogP contribution is -2.15. The van der Waals surface area contributed by atoms with Gasteiger partial charge in [0, 0.05) is 6.54 Å². The van der Waals surface area contributed by atoms with Gasteiger partial charge >= 0.3 is 5.97 Å². The van der Waals surface area contributed by atoms with E-state index in [0.29, 0.717) is 12.5 Å². The van der Waals surface area contributed by atoms with Crippen molar-refractivity contribution in [3.05, 3.63) is 5.82 Å². The number of carbonyl (C=O) groups excluding carboxylic acids is 1. The molecule has 0 bridgehead atoms. The number of hydrogen-bond donors (Lipinski definition) is 0. The van der Waals surface area contributed by atoms with Gasteiger partial charge in [0.25, 0.3) is 5.82 Å². The van der Waals surface area contributed by atoms with Gasteiger partial charge in [0.1, 0.15) is 0 Å². The molecule has 1 aliphatic rings. The van der Waals surface area contributed by atoms with E-state index in [1.54, 1.807) is 6.92 Å². The quantitative estimate of drug-likeness (QED) is 0.646. The van der Waals surface area contributed by atoms with E-state index in [4.69, 9.17) is 4.74 Å². The molecule has 0 amide bonds. The summed E-state index contributed by atoms with van der Waals surface area (Å²) in [6.45, 7) is 2.82. The summed E-state index contributed by atoms with van der Waals surface area (Å²) < 4.78 is 6.35. The topological polar surface area (TPSA) is 69.9 Å². The van der Waals surface area contributed by atoms with Crippen molar-refractivity contribution in [1.82, 2.24) is 20.2 Å². The van der Waals surface area contributed by atoms with Crippen LogP contribution in [0, 0.1) is 5.92 Å². The first-order valence-electron chi connectivity index (χ1n) is 4.74. The van der Waals surface area contributed by atoms with Crippen LogP contribution in [0.5, 0.6) is 0 Å². The first-order chi connectivity index (χ1) is 6.81. The summed E-state index contributed by atoms with van der Waals surface area (Å²) >= 11 is 0. The standard InChI is InChI=1S/C8H12N4O2/c1-2-14-8(13)7-9-10-11-12(7)5-6-3-4-6/h6H,2-5H2,1H3. The van der Waals surface area contributed by atoms with Gasteiger partial charge in [0.2, 0.25) is 0 Å². The Morgan fingerprint density at radius 1 is 1.64 bits per heavy atom. The largest absolute Gasteiger partial charge is 0.460 e. The summed E-state index contributed by atoms with van der Waals surface area (Å²) in [5.74, 6) is 0.392. The molecule has 2 rings (SSSR count). The second-order valence-electron chi connectivity index (χ2n) is 3.35. The number of nitrogens with zero attached hydrogens (tertiary/aromatic N) is 4. The predicted molar refractivity (Wildman–Crippen MR) is 46.5 cm³/mol. The molecule has 0 atom stereocenters. The Balaban J connectivity index is 2.07. The average molecular weight is 196 g/mol. The van der Waals surface area contributed by atoms with Crippen molar-refractivity contribution in [1.29, 1.82) is 0 Å². The van der Waals surface area contributed by atoms with Gasteiger partial charge in [-0.1, -0.05) is 0 Å². The van der Waals surface area contributed by atoms with Crippen LogP contribution in [-0.4, -0.2) is 32.8 Å². The maximum absolute atomic E-state index is 11.3. The van der Waals surface area contributed by atoms with Gasteiger partial charge in [-0.2, -0.15) is 0 Å². The minimum atomic E-state index is -0.446. The lowest BCUT2D eigenvalue weighted by Gasteiger charge is -2.01. The van der Waals surface area contributed by atoms with Gasteiger partial charge in [-0.3, -0.25) is 0 Å². The molecule has 0 saturated heterocycles. The molecule has 0 radical (unpaired) electrons. The number of tetrazole rings is 1. The molecule has 1 aromatic heterocycles. The molecule has 6 nitrogen and oxygen atoms in total. The van der Waals surface area contributed by atoms with Gasteiger partial charge < -0.3 is 4.74 Å². The zero-order valence-corrected chi connectivity index (χ0v) is 8.01. The van der Waals surface area contributed by atoms with Crippen LogP contribution in [0.3, 0.4) is 0 Å². The number of carbonyl (C=O) groups is 1. The molecular weight excluding hydrogens is 184 g/mol. The van der Waals surface area contributed by atoms with Crippen molar-refractivity contribution in [2.24, 2.45) is 5.92 Å². The van der Waals surface area contributed by atoms with E-state index in [1.165, 1.54) is 17.5 Å². The fourth-order valence-electron chi connectivity index (χ4n) is 1.21. The summed E-state index contributed by atoms with van der Waals surface area (Å²) in [5.41, 5.74) is 0. The molecule has 6 heteroatoms. The first kappa shape index (κ1) is 9.11. The number of aromatic nitrogens is 4. The molecule has 1 heterocycles. The highest BCUT2D eigenvalue weighted by Gasteiger charge is 2.25. The molecule has 0 aliphatic heterocycles. The van der Waals surface area contributed by atoms with Crippen LogP contribution in [-0.2, 0) is 11.3 Å². The monoisotopic (exact) mass is 196 g/mol. The van der Waals surface area contributed by atoms with Crippen molar-refractivity contribution in [3.63, 3.8) is 0 Å².